The number of aromatic nitrogens is 1. The second-order valence-electron chi connectivity index (χ2n) is 5.49. The minimum Gasteiger partial charge on any atom is -0.392 e. The normalized spacial score (nSPS) is 11.1. The summed E-state index contributed by atoms with van der Waals surface area (Å²) in [4.78, 5) is 0. The van der Waals surface area contributed by atoms with Crippen LogP contribution < -0.4 is 0 Å². The van der Waals surface area contributed by atoms with E-state index in [9.17, 15) is 5.11 Å². The van der Waals surface area contributed by atoms with E-state index >= 15 is 0 Å². The second kappa shape index (κ2) is 4.86. The number of hydrogen-bond acceptors (Lipinski definition) is 1. The minimum absolute atomic E-state index is 0.0998. The van der Waals surface area contributed by atoms with E-state index in [4.69, 9.17) is 0 Å². The van der Waals surface area contributed by atoms with E-state index in [1.54, 1.807) is 0 Å². The summed E-state index contributed by atoms with van der Waals surface area (Å²) >= 11 is 0. The van der Waals surface area contributed by atoms with Gasteiger partial charge in [-0.2, -0.15) is 0 Å². The zero-order valence-electron chi connectivity index (χ0n) is 12.8. The first-order valence-corrected chi connectivity index (χ1v) is 6.72. The molecule has 102 valence electrons. The van der Waals surface area contributed by atoms with Crippen molar-refractivity contribution in [3.05, 3.63) is 45.6 Å². The van der Waals surface area contributed by atoms with E-state index in [1.807, 2.05) is 0 Å². The zero-order valence-corrected chi connectivity index (χ0v) is 12.8. The van der Waals surface area contributed by atoms with Gasteiger partial charge in [0.05, 0.1) is 6.61 Å². The second-order valence-corrected chi connectivity index (χ2v) is 5.49. The van der Waals surface area contributed by atoms with Crippen molar-refractivity contribution in [2.24, 2.45) is 7.05 Å². The predicted octanol–water partition coefficient (Wildman–Crippen LogP) is 3.73. The lowest BCUT2D eigenvalue weighted by Crippen LogP contribution is -2.00. The zero-order chi connectivity index (χ0) is 14.3. The largest absolute Gasteiger partial charge is 0.392 e. The summed E-state index contributed by atoms with van der Waals surface area (Å²) < 4.78 is 2.18. The Labute approximate surface area is 115 Å². The van der Waals surface area contributed by atoms with Crippen LogP contribution >= 0.6 is 0 Å². The summed E-state index contributed by atoms with van der Waals surface area (Å²) in [6.45, 7) is 10.8. The average Bonchev–Trinajstić information content (AvgIpc) is 2.65. The van der Waals surface area contributed by atoms with Crippen LogP contribution in [0.4, 0.5) is 0 Å². The van der Waals surface area contributed by atoms with Crippen LogP contribution in [0.5, 0.6) is 0 Å². The fourth-order valence-electron chi connectivity index (χ4n) is 2.76. The van der Waals surface area contributed by atoms with Crippen LogP contribution in [-0.4, -0.2) is 9.67 Å². The molecule has 0 saturated carbocycles. The summed E-state index contributed by atoms with van der Waals surface area (Å²) in [7, 11) is 2.07. The maximum atomic E-state index is 9.44. The monoisotopic (exact) mass is 257 g/mol. The van der Waals surface area contributed by atoms with Gasteiger partial charge in [-0.15, -0.1) is 0 Å². The van der Waals surface area contributed by atoms with Crippen LogP contribution in [0.2, 0.25) is 0 Å². The Morgan fingerprint density at radius 3 is 1.89 bits per heavy atom. The van der Waals surface area contributed by atoms with Crippen LogP contribution in [0.15, 0.2) is 12.1 Å². The highest BCUT2D eigenvalue weighted by Gasteiger charge is 2.16. The molecule has 0 radical (unpaired) electrons. The van der Waals surface area contributed by atoms with E-state index in [-0.39, 0.29) is 6.61 Å². The van der Waals surface area contributed by atoms with Crippen molar-refractivity contribution in [2.75, 3.05) is 0 Å². The molecule has 0 bridgehead atoms. The Bertz CT molecular complexity index is 609. The Kier molecular flexibility index (Phi) is 3.55. The molecule has 0 fully saturated rings. The molecule has 0 aliphatic rings. The van der Waals surface area contributed by atoms with Crippen molar-refractivity contribution in [3.63, 3.8) is 0 Å². The molecule has 1 N–H and O–H groups in total. The summed E-state index contributed by atoms with van der Waals surface area (Å²) in [6, 6.07) is 4.36. The van der Waals surface area contributed by atoms with E-state index in [0.29, 0.717) is 0 Å². The van der Waals surface area contributed by atoms with Gasteiger partial charge in [-0.05, 0) is 68.5 Å². The van der Waals surface area contributed by atoms with Gasteiger partial charge in [0.15, 0.2) is 0 Å². The lowest BCUT2D eigenvalue weighted by Gasteiger charge is -2.16. The smallest absolute Gasteiger partial charge is 0.0699 e. The summed E-state index contributed by atoms with van der Waals surface area (Å²) in [6.07, 6.45) is 0. The van der Waals surface area contributed by atoms with Crippen molar-refractivity contribution >= 4 is 0 Å². The number of aliphatic hydroxyl groups is 1. The topological polar surface area (TPSA) is 25.2 Å². The standard InChI is InChI=1S/C17H23NO/c1-10-7-11(2)13(4)17(12(10)3)16-8-15(9-19)14(5)18(16)6/h7-8,19H,9H2,1-6H3. The predicted molar refractivity (Wildman–Crippen MR) is 80.5 cm³/mol. The first kappa shape index (κ1) is 13.9. The molecular weight excluding hydrogens is 234 g/mol. The van der Waals surface area contributed by atoms with Gasteiger partial charge in [0, 0.05) is 24.0 Å². The lowest BCUT2D eigenvalue weighted by molar-refractivity contribution is 0.281. The molecule has 2 aromatic rings. The fraction of sp³-hybridized carbons (Fsp3) is 0.412. The molecule has 0 atom stereocenters. The van der Waals surface area contributed by atoms with E-state index in [0.717, 1.165) is 11.3 Å². The fourth-order valence-corrected chi connectivity index (χ4v) is 2.76. The van der Waals surface area contributed by atoms with Crippen LogP contribution in [0, 0.1) is 34.6 Å². The Hall–Kier alpha value is -1.54. The third-order valence-corrected chi connectivity index (χ3v) is 4.43. The van der Waals surface area contributed by atoms with Gasteiger partial charge in [-0.1, -0.05) is 6.07 Å². The summed E-state index contributed by atoms with van der Waals surface area (Å²) in [5.74, 6) is 0. The highest BCUT2D eigenvalue weighted by molar-refractivity contribution is 5.72. The van der Waals surface area contributed by atoms with Gasteiger partial charge in [0.1, 0.15) is 0 Å². The van der Waals surface area contributed by atoms with Crippen LogP contribution in [-0.2, 0) is 13.7 Å². The quantitative estimate of drug-likeness (QED) is 0.871. The molecule has 0 aliphatic heterocycles. The van der Waals surface area contributed by atoms with Crippen molar-refractivity contribution in [1.29, 1.82) is 0 Å². The van der Waals surface area contributed by atoms with Crippen LogP contribution in [0.1, 0.15) is 33.5 Å². The van der Waals surface area contributed by atoms with E-state index < -0.39 is 0 Å². The summed E-state index contributed by atoms with van der Waals surface area (Å²) in [5.41, 5.74) is 9.95. The third-order valence-electron chi connectivity index (χ3n) is 4.43. The third kappa shape index (κ3) is 2.10. The molecule has 1 heterocycles. The molecule has 0 spiro atoms. The number of aliphatic hydroxyl groups excluding tert-OH is 1. The molecule has 2 rings (SSSR count). The molecular formula is C17H23NO. The number of hydrogen-bond donors (Lipinski definition) is 1. The van der Waals surface area contributed by atoms with Crippen LogP contribution in [0.25, 0.3) is 11.3 Å². The van der Waals surface area contributed by atoms with Gasteiger partial charge in [0.2, 0.25) is 0 Å². The van der Waals surface area contributed by atoms with Crippen LogP contribution in [0.3, 0.4) is 0 Å². The Balaban J connectivity index is 2.79. The molecule has 0 saturated heterocycles. The molecule has 0 amide bonds. The number of benzene rings is 1. The first-order chi connectivity index (χ1) is 8.88. The molecule has 0 aliphatic carbocycles. The van der Waals surface area contributed by atoms with Gasteiger partial charge < -0.3 is 9.67 Å². The Morgan fingerprint density at radius 1 is 0.947 bits per heavy atom. The molecule has 19 heavy (non-hydrogen) atoms. The van der Waals surface area contributed by atoms with E-state index in [1.165, 1.54) is 33.5 Å². The van der Waals surface area contributed by atoms with Gasteiger partial charge >= 0.3 is 0 Å². The first-order valence-electron chi connectivity index (χ1n) is 6.72. The molecule has 2 heteroatoms. The lowest BCUT2D eigenvalue weighted by atomic mass is 9.92. The van der Waals surface area contributed by atoms with Gasteiger partial charge in [-0.3, -0.25) is 0 Å². The van der Waals surface area contributed by atoms with Crippen molar-refractivity contribution in [3.8, 4) is 11.3 Å². The summed E-state index contributed by atoms with van der Waals surface area (Å²) in [5, 5.41) is 9.44. The average molecular weight is 257 g/mol. The van der Waals surface area contributed by atoms with Crippen molar-refractivity contribution < 1.29 is 5.11 Å². The minimum atomic E-state index is 0.0998. The van der Waals surface area contributed by atoms with Gasteiger partial charge in [0.25, 0.3) is 0 Å². The highest BCUT2D eigenvalue weighted by atomic mass is 16.3. The molecule has 1 aromatic heterocycles. The molecule has 1 aromatic carbocycles. The van der Waals surface area contributed by atoms with Crippen molar-refractivity contribution in [1.82, 2.24) is 4.57 Å². The number of rotatable bonds is 2. The number of nitrogens with zero attached hydrogens (tertiary/aromatic N) is 1. The maximum absolute atomic E-state index is 9.44. The maximum Gasteiger partial charge on any atom is 0.0699 e. The van der Waals surface area contributed by atoms with Crippen molar-refractivity contribution in [2.45, 2.75) is 41.2 Å². The highest BCUT2D eigenvalue weighted by Crippen LogP contribution is 2.33. The Morgan fingerprint density at radius 2 is 1.47 bits per heavy atom. The van der Waals surface area contributed by atoms with E-state index in [2.05, 4.69) is 58.4 Å². The SMILES string of the molecule is Cc1cc(C)c(C)c(-c2cc(CO)c(C)n2C)c1C. The molecule has 2 nitrogen and oxygen atoms in total. The van der Waals surface area contributed by atoms with Gasteiger partial charge in [-0.25, -0.2) is 0 Å². The number of aryl methyl sites for hydroxylation is 2. The molecule has 0 unspecified atom stereocenters.